The molecule has 0 fully saturated rings. The Kier molecular flexibility index (Phi) is 9.45. The van der Waals surface area contributed by atoms with Crippen molar-refractivity contribution in [3.63, 3.8) is 0 Å². The van der Waals surface area contributed by atoms with Crippen LogP contribution >= 0.6 is 11.6 Å². The van der Waals surface area contributed by atoms with E-state index in [0.29, 0.717) is 22.4 Å². The average molecular weight is 587 g/mol. The number of hydrogen-bond acceptors (Lipinski definition) is 7. The molecule has 0 aliphatic heterocycles. The van der Waals surface area contributed by atoms with Gasteiger partial charge >= 0.3 is 0 Å². The van der Waals surface area contributed by atoms with Crippen molar-refractivity contribution in [2.24, 2.45) is 7.05 Å². The van der Waals surface area contributed by atoms with Gasteiger partial charge in [0, 0.05) is 40.5 Å². The fourth-order valence-corrected chi connectivity index (χ4v) is 4.93. The molecule has 214 valence electrons. The van der Waals surface area contributed by atoms with E-state index in [1.165, 1.54) is 47.8 Å². The summed E-state index contributed by atoms with van der Waals surface area (Å²) in [4.78, 5) is 31.0. The van der Waals surface area contributed by atoms with Crippen LogP contribution in [0.2, 0.25) is 5.02 Å². The topological polar surface area (TPSA) is 108 Å². The zero-order chi connectivity index (χ0) is 30.4. The standard InChI is InChI=1S/C32H28ClFN4O4/c1-4-13-42-19-29(22-7-5-21(16-35)6-8-22)38(3)32(41,25-9-11-26(33)12-10-25)30-24(18-39)14-23(15-27(30)34)31(40)28-17-37(2)20-36-28/h4-12,14-15,17-18,20,29,41H,1,13,19H2,2-3H3. The van der Waals surface area contributed by atoms with E-state index in [0.717, 1.165) is 6.07 Å². The fraction of sp³-hybridized carbons (Fsp3) is 0.188. The number of nitrogens with zero attached hydrogens (tertiary/aromatic N) is 4. The van der Waals surface area contributed by atoms with Crippen LogP contribution in [-0.4, -0.2) is 51.9 Å². The Morgan fingerprint density at radius 2 is 1.95 bits per heavy atom. The molecule has 4 rings (SSSR count). The monoisotopic (exact) mass is 586 g/mol. The summed E-state index contributed by atoms with van der Waals surface area (Å²) in [5, 5.41) is 22.3. The molecule has 0 radical (unpaired) electrons. The molecule has 0 saturated heterocycles. The minimum absolute atomic E-state index is 0.0403. The van der Waals surface area contributed by atoms with Crippen molar-refractivity contribution in [3.05, 3.63) is 136 Å². The van der Waals surface area contributed by atoms with E-state index in [1.54, 1.807) is 49.0 Å². The van der Waals surface area contributed by atoms with Crippen molar-refractivity contribution in [3.8, 4) is 6.07 Å². The van der Waals surface area contributed by atoms with E-state index >= 15 is 4.39 Å². The molecule has 3 aromatic carbocycles. The highest BCUT2D eigenvalue weighted by Gasteiger charge is 2.44. The van der Waals surface area contributed by atoms with Gasteiger partial charge in [0.05, 0.1) is 37.2 Å². The minimum Gasteiger partial charge on any atom is -0.375 e. The molecule has 0 saturated carbocycles. The molecule has 0 bridgehead atoms. The Hall–Kier alpha value is -4.46. The van der Waals surface area contributed by atoms with Gasteiger partial charge in [-0.15, -0.1) is 6.58 Å². The highest BCUT2D eigenvalue weighted by molar-refractivity contribution is 6.30. The van der Waals surface area contributed by atoms with Crippen molar-refractivity contribution >= 4 is 23.7 Å². The minimum atomic E-state index is -2.26. The van der Waals surface area contributed by atoms with Crippen LogP contribution in [0.5, 0.6) is 0 Å². The third kappa shape index (κ3) is 6.08. The number of nitriles is 1. The van der Waals surface area contributed by atoms with Gasteiger partial charge in [-0.25, -0.2) is 9.37 Å². The van der Waals surface area contributed by atoms with Crippen LogP contribution in [0.1, 0.15) is 54.7 Å². The largest absolute Gasteiger partial charge is 0.375 e. The van der Waals surface area contributed by atoms with Gasteiger partial charge in [-0.05, 0) is 49.0 Å². The van der Waals surface area contributed by atoms with Crippen molar-refractivity contribution in [1.29, 1.82) is 5.26 Å². The fourth-order valence-electron chi connectivity index (χ4n) is 4.80. The molecule has 2 atom stereocenters. The van der Waals surface area contributed by atoms with Gasteiger partial charge in [0.1, 0.15) is 11.5 Å². The number of aldehydes is 1. The molecular formula is C32H28ClFN4O4. The number of ether oxygens (including phenoxy) is 1. The molecule has 8 nitrogen and oxygen atoms in total. The molecule has 42 heavy (non-hydrogen) atoms. The van der Waals surface area contributed by atoms with Gasteiger partial charge in [-0.1, -0.05) is 41.9 Å². The number of ketones is 1. The molecule has 0 amide bonds. The molecule has 0 aliphatic carbocycles. The molecule has 1 heterocycles. The number of halogens is 2. The van der Waals surface area contributed by atoms with Crippen molar-refractivity contribution < 1.29 is 23.8 Å². The van der Waals surface area contributed by atoms with E-state index in [9.17, 15) is 20.0 Å². The van der Waals surface area contributed by atoms with Gasteiger partial charge in [0.2, 0.25) is 5.78 Å². The van der Waals surface area contributed by atoms with Crippen molar-refractivity contribution in [1.82, 2.24) is 14.5 Å². The first-order valence-electron chi connectivity index (χ1n) is 12.9. The molecule has 10 heteroatoms. The first-order valence-corrected chi connectivity index (χ1v) is 13.2. The molecule has 0 spiro atoms. The molecule has 1 N–H and O–H groups in total. The van der Waals surface area contributed by atoms with E-state index in [-0.39, 0.29) is 41.2 Å². The third-order valence-corrected chi connectivity index (χ3v) is 7.21. The summed E-state index contributed by atoms with van der Waals surface area (Å²) in [6.07, 6.45) is 4.89. The lowest BCUT2D eigenvalue weighted by Crippen LogP contribution is -2.49. The maximum Gasteiger partial charge on any atom is 0.213 e. The van der Waals surface area contributed by atoms with E-state index in [2.05, 4.69) is 17.6 Å². The smallest absolute Gasteiger partial charge is 0.213 e. The number of likely N-dealkylation sites (N-methyl/N-ethyl adjacent to an activating group) is 1. The summed E-state index contributed by atoms with van der Waals surface area (Å²) < 4.78 is 23.6. The van der Waals surface area contributed by atoms with Gasteiger partial charge in [0.25, 0.3) is 0 Å². The Morgan fingerprint density at radius 1 is 1.26 bits per heavy atom. The van der Waals surface area contributed by atoms with Crippen LogP contribution in [0.25, 0.3) is 0 Å². The second kappa shape index (κ2) is 13.0. The van der Waals surface area contributed by atoms with Crippen LogP contribution in [-0.2, 0) is 17.5 Å². The van der Waals surface area contributed by atoms with Crippen LogP contribution in [0, 0.1) is 17.1 Å². The number of aryl methyl sites for hydroxylation is 1. The summed E-state index contributed by atoms with van der Waals surface area (Å²) >= 11 is 6.14. The number of aliphatic hydroxyl groups is 1. The SMILES string of the molecule is C=CCOCC(c1ccc(C#N)cc1)N(C)C(O)(c1ccc(Cl)cc1)c1c(F)cc(C(=O)c2cn(C)cn2)cc1C=O. The molecule has 1 aromatic heterocycles. The van der Waals surface area contributed by atoms with Crippen LogP contribution < -0.4 is 0 Å². The lowest BCUT2D eigenvalue weighted by Gasteiger charge is -2.43. The third-order valence-electron chi connectivity index (χ3n) is 6.96. The number of carbonyl (C=O) groups is 2. The molecule has 2 unspecified atom stereocenters. The number of imidazole rings is 1. The first-order chi connectivity index (χ1) is 20.1. The zero-order valence-electron chi connectivity index (χ0n) is 23.0. The Bertz CT molecular complexity index is 1650. The number of carbonyl (C=O) groups excluding carboxylic acids is 2. The van der Waals surface area contributed by atoms with Crippen molar-refractivity contribution in [2.45, 2.75) is 11.8 Å². The predicted molar refractivity (Wildman–Crippen MR) is 156 cm³/mol. The highest BCUT2D eigenvalue weighted by atomic mass is 35.5. The Labute approximate surface area is 247 Å². The van der Waals surface area contributed by atoms with E-state index in [4.69, 9.17) is 16.3 Å². The Balaban J connectivity index is 1.92. The van der Waals surface area contributed by atoms with Gasteiger partial charge < -0.3 is 14.4 Å². The first kappa shape index (κ1) is 30.5. The second-order valence-corrected chi connectivity index (χ2v) is 10.1. The van der Waals surface area contributed by atoms with Crippen LogP contribution in [0.4, 0.5) is 4.39 Å². The summed E-state index contributed by atoms with van der Waals surface area (Å²) in [6.45, 7) is 3.92. The highest BCUT2D eigenvalue weighted by Crippen LogP contribution is 2.41. The van der Waals surface area contributed by atoms with Gasteiger partial charge in [0.15, 0.2) is 12.0 Å². The summed E-state index contributed by atoms with van der Waals surface area (Å²) in [5.41, 5.74) is -1.57. The number of aromatic nitrogens is 2. The number of rotatable bonds is 12. The lowest BCUT2D eigenvalue weighted by molar-refractivity contribution is -0.105. The predicted octanol–water partition coefficient (Wildman–Crippen LogP) is 5.20. The number of benzene rings is 3. The second-order valence-electron chi connectivity index (χ2n) is 9.66. The summed E-state index contributed by atoms with van der Waals surface area (Å²) in [6, 6.07) is 16.4. The van der Waals surface area contributed by atoms with Crippen LogP contribution in [0.15, 0.2) is 85.8 Å². The molecule has 4 aromatic rings. The quantitative estimate of drug-likeness (QED) is 0.0799. The van der Waals surface area contributed by atoms with Crippen molar-refractivity contribution in [2.75, 3.05) is 20.3 Å². The van der Waals surface area contributed by atoms with Crippen LogP contribution in [0.3, 0.4) is 0 Å². The van der Waals surface area contributed by atoms with Gasteiger partial charge in [-0.2, -0.15) is 5.26 Å². The zero-order valence-corrected chi connectivity index (χ0v) is 23.8. The maximum atomic E-state index is 16.2. The average Bonchev–Trinajstić information content (AvgIpc) is 3.44. The summed E-state index contributed by atoms with van der Waals surface area (Å²) in [7, 11) is 3.26. The molecule has 0 aliphatic rings. The van der Waals surface area contributed by atoms with Gasteiger partial charge in [-0.3, -0.25) is 14.5 Å². The van der Waals surface area contributed by atoms with E-state index < -0.39 is 23.4 Å². The van der Waals surface area contributed by atoms with E-state index in [1.807, 2.05) is 0 Å². The maximum absolute atomic E-state index is 16.2. The lowest BCUT2D eigenvalue weighted by atomic mass is 9.86. The normalized spacial score (nSPS) is 13.3. The number of hydrogen-bond donors (Lipinski definition) is 1. The summed E-state index contributed by atoms with van der Waals surface area (Å²) in [5.74, 6) is -1.56. The molecular weight excluding hydrogens is 559 g/mol. The Morgan fingerprint density at radius 3 is 2.52 bits per heavy atom.